The van der Waals surface area contributed by atoms with E-state index in [2.05, 4.69) is 38.2 Å². The van der Waals surface area contributed by atoms with Crippen molar-refractivity contribution in [3.8, 4) is 16.9 Å². The molecule has 0 saturated carbocycles. The molecule has 0 unspecified atom stereocenters. The van der Waals surface area contributed by atoms with Gasteiger partial charge in [0, 0.05) is 18.1 Å². The first-order valence-corrected chi connectivity index (χ1v) is 10.1. The summed E-state index contributed by atoms with van der Waals surface area (Å²) >= 11 is 0. The summed E-state index contributed by atoms with van der Waals surface area (Å²) < 4.78 is 6.71. The molecule has 3 aromatic rings. The van der Waals surface area contributed by atoms with E-state index < -0.39 is 5.91 Å². The first kappa shape index (κ1) is 21.3. The zero-order valence-corrected chi connectivity index (χ0v) is 17.9. The van der Waals surface area contributed by atoms with Crippen molar-refractivity contribution in [2.24, 2.45) is 0 Å². The van der Waals surface area contributed by atoms with Gasteiger partial charge in [-0.05, 0) is 62.1 Å². The fraction of sp³-hybridized carbons (Fsp3) is 0.292. The highest BCUT2D eigenvalue weighted by Crippen LogP contribution is 2.29. The van der Waals surface area contributed by atoms with E-state index in [4.69, 9.17) is 9.84 Å². The first-order chi connectivity index (χ1) is 14.4. The number of esters is 1. The SMILES string of the molecule is CCCC(=O)OCC(=O)Nc1cc(-c2cc(C)c(C)cc2C)nn1-c1ccccc1. The molecule has 156 valence electrons. The summed E-state index contributed by atoms with van der Waals surface area (Å²) in [6, 6.07) is 15.7. The van der Waals surface area contributed by atoms with Crippen molar-refractivity contribution in [3.63, 3.8) is 0 Å². The van der Waals surface area contributed by atoms with Crippen molar-refractivity contribution in [1.29, 1.82) is 0 Å². The number of para-hydroxylation sites is 1. The Hall–Kier alpha value is -3.41. The van der Waals surface area contributed by atoms with Crippen LogP contribution in [-0.2, 0) is 14.3 Å². The summed E-state index contributed by atoms with van der Waals surface area (Å²) in [7, 11) is 0. The molecule has 1 amide bonds. The Balaban J connectivity index is 1.93. The average Bonchev–Trinajstić information content (AvgIpc) is 3.13. The Kier molecular flexibility index (Phi) is 6.67. The first-order valence-electron chi connectivity index (χ1n) is 10.1. The van der Waals surface area contributed by atoms with Gasteiger partial charge in [0.25, 0.3) is 5.91 Å². The van der Waals surface area contributed by atoms with Gasteiger partial charge in [-0.2, -0.15) is 5.10 Å². The molecule has 0 bridgehead atoms. The lowest BCUT2D eigenvalue weighted by molar-refractivity contribution is -0.147. The molecule has 0 atom stereocenters. The van der Waals surface area contributed by atoms with Crippen LogP contribution in [0.4, 0.5) is 5.82 Å². The van der Waals surface area contributed by atoms with Gasteiger partial charge in [0.1, 0.15) is 5.82 Å². The summed E-state index contributed by atoms with van der Waals surface area (Å²) in [5.41, 5.74) is 6.11. The third-order valence-electron chi connectivity index (χ3n) is 4.91. The summed E-state index contributed by atoms with van der Waals surface area (Å²) in [5, 5.41) is 7.58. The van der Waals surface area contributed by atoms with Crippen molar-refractivity contribution in [1.82, 2.24) is 9.78 Å². The van der Waals surface area contributed by atoms with Gasteiger partial charge in [-0.3, -0.25) is 9.59 Å². The maximum absolute atomic E-state index is 12.4. The predicted molar refractivity (Wildman–Crippen MR) is 118 cm³/mol. The average molecular weight is 405 g/mol. The lowest BCUT2D eigenvalue weighted by atomic mass is 9.99. The van der Waals surface area contributed by atoms with Crippen molar-refractivity contribution < 1.29 is 14.3 Å². The molecule has 1 N–H and O–H groups in total. The normalized spacial score (nSPS) is 10.7. The monoisotopic (exact) mass is 405 g/mol. The van der Waals surface area contributed by atoms with E-state index in [9.17, 15) is 9.59 Å². The summed E-state index contributed by atoms with van der Waals surface area (Å²) in [5.74, 6) is -0.263. The molecule has 0 aliphatic heterocycles. The van der Waals surface area contributed by atoms with Crippen LogP contribution in [-0.4, -0.2) is 28.3 Å². The fourth-order valence-corrected chi connectivity index (χ4v) is 3.21. The Morgan fingerprint density at radius 1 is 1.00 bits per heavy atom. The van der Waals surface area contributed by atoms with Crippen LogP contribution in [0.1, 0.15) is 36.5 Å². The van der Waals surface area contributed by atoms with Crippen LogP contribution in [0.15, 0.2) is 48.5 Å². The minimum atomic E-state index is -0.403. The number of hydrogen-bond donors (Lipinski definition) is 1. The van der Waals surface area contributed by atoms with Gasteiger partial charge in [0.15, 0.2) is 6.61 Å². The second kappa shape index (κ2) is 9.39. The van der Waals surface area contributed by atoms with E-state index in [0.29, 0.717) is 18.7 Å². The van der Waals surface area contributed by atoms with Crippen LogP contribution in [0.25, 0.3) is 16.9 Å². The minimum absolute atomic E-state index is 0.297. The molecule has 6 nitrogen and oxygen atoms in total. The van der Waals surface area contributed by atoms with Crippen LogP contribution in [0, 0.1) is 20.8 Å². The topological polar surface area (TPSA) is 73.2 Å². The highest BCUT2D eigenvalue weighted by atomic mass is 16.5. The van der Waals surface area contributed by atoms with Crippen molar-refractivity contribution in [3.05, 3.63) is 65.2 Å². The Bertz CT molecular complexity index is 1060. The fourth-order valence-electron chi connectivity index (χ4n) is 3.21. The van der Waals surface area contributed by atoms with Gasteiger partial charge < -0.3 is 10.1 Å². The maximum atomic E-state index is 12.4. The number of ether oxygens (including phenoxy) is 1. The van der Waals surface area contributed by atoms with Crippen LogP contribution in [0.2, 0.25) is 0 Å². The van der Waals surface area contributed by atoms with Gasteiger partial charge in [0.2, 0.25) is 0 Å². The standard InChI is InChI=1S/C24H27N3O3/c1-5-9-24(29)30-15-23(28)25-22-14-21(20-13-17(3)16(2)12-18(20)4)26-27(22)19-10-7-6-8-11-19/h6-8,10-14H,5,9,15H2,1-4H3,(H,25,28). The molecule has 0 saturated heterocycles. The minimum Gasteiger partial charge on any atom is -0.456 e. The van der Waals surface area contributed by atoms with E-state index in [1.807, 2.05) is 43.3 Å². The largest absolute Gasteiger partial charge is 0.456 e. The molecule has 1 aromatic heterocycles. The second-order valence-electron chi connectivity index (χ2n) is 7.37. The lowest BCUT2D eigenvalue weighted by Gasteiger charge is -2.09. The lowest BCUT2D eigenvalue weighted by Crippen LogP contribution is -2.22. The van der Waals surface area contributed by atoms with Crippen molar-refractivity contribution in [2.45, 2.75) is 40.5 Å². The molecule has 0 aliphatic rings. The zero-order valence-electron chi connectivity index (χ0n) is 17.9. The van der Waals surface area contributed by atoms with Gasteiger partial charge in [-0.15, -0.1) is 0 Å². The number of benzene rings is 2. The maximum Gasteiger partial charge on any atom is 0.306 e. The third kappa shape index (κ3) is 4.95. The second-order valence-corrected chi connectivity index (χ2v) is 7.37. The molecule has 0 fully saturated rings. The van der Waals surface area contributed by atoms with Gasteiger partial charge >= 0.3 is 5.97 Å². The number of carbonyl (C=O) groups excluding carboxylic acids is 2. The molecule has 0 spiro atoms. The summed E-state index contributed by atoms with van der Waals surface area (Å²) in [6.07, 6.45) is 0.978. The van der Waals surface area contributed by atoms with Crippen LogP contribution in [0.3, 0.4) is 0 Å². The zero-order chi connectivity index (χ0) is 21.7. The predicted octanol–water partition coefficient (Wildman–Crippen LogP) is 4.75. The number of carbonyl (C=O) groups is 2. The number of anilines is 1. The van der Waals surface area contributed by atoms with Crippen molar-refractivity contribution >= 4 is 17.7 Å². The number of nitrogens with zero attached hydrogens (tertiary/aromatic N) is 2. The number of nitrogens with one attached hydrogen (secondary N) is 1. The van der Waals surface area contributed by atoms with E-state index in [-0.39, 0.29) is 12.6 Å². The number of rotatable bonds is 7. The molecule has 6 heteroatoms. The molecule has 2 aromatic carbocycles. The van der Waals surface area contributed by atoms with E-state index in [1.165, 1.54) is 11.1 Å². The number of aryl methyl sites for hydroxylation is 3. The summed E-state index contributed by atoms with van der Waals surface area (Å²) in [4.78, 5) is 23.9. The van der Waals surface area contributed by atoms with Gasteiger partial charge in [-0.1, -0.05) is 31.2 Å². The molecule has 3 rings (SSSR count). The van der Waals surface area contributed by atoms with Crippen LogP contribution >= 0.6 is 0 Å². The number of hydrogen-bond acceptors (Lipinski definition) is 4. The molecule has 0 aliphatic carbocycles. The molecule has 30 heavy (non-hydrogen) atoms. The Morgan fingerprint density at radius 3 is 2.40 bits per heavy atom. The molecular weight excluding hydrogens is 378 g/mol. The van der Waals surface area contributed by atoms with Crippen LogP contribution in [0.5, 0.6) is 0 Å². The highest BCUT2D eigenvalue weighted by Gasteiger charge is 2.16. The van der Waals surface area contributed by atoms with E-state index >= 15 is 0 Å². The van der Waals surface area contributed by atoms with Crippen LogP contribution < -0.4 is 5.32 Å². The van der Waals surface area contributed by atoms with Gasteiger partial charge in [0.05, 0.1) is 11.4 Å². The number of aromatic nitrogens is 2. The molecule has 0 radical (unpaired) electrons. The van der Waals surface area contributed by atoms with Gasteiger partial charge in [-0.25, -0.2) is 4.68 Å². The van der Waals surface area contributed by atoms with Crippen molar-refractivity contribution in [2.75, 3.05) is 11.9 Å². The Labute approximate surface area is 176 Å². The smallest absolute Gasteiger partial charge is 0.306 e. The highest BCUT2D eigenvalue weighted by molar-refractivity contribution is 5.93. The Morgan fingerprint density at radius 2 is 1.70 bits per heavy atom. The van der Waals surface area contributed by atoms with E-state index in [1.54, 1.807) is 4.68 Å². The molecule has 1 heterocycles. The quantitative estimate of drug-likeness (QED) is 0.576. The van der Waals surface area contributed by atoms with E-state index in [0.717, 1.165) is 22.5 Å². The summed E-state index contributed by atoms with van der Waals surface area (Å²) in [6.45, 7) is 7.77. The number of amides is 1. The molecular formula is C24H27N3O3. The third-order valence-corrected chi connectivity index (χ3v) is 4.91.